The van der Waals surface area contributed by atoms with E-state index in [9.17, 15) is 4.79 Å². The molecule has 0 fully saturated rings. The molecule has 0 spiro atoms. The Morgan fingerprint density at radius 1 is 1.36 bits per heavy atom. The topological polar surface area (TPSA) is 42.4 Å². The van der Waals surface area contributed by atoms with E-state index in [1.54, 1.807) is 11.9 Å². The van der Waals surface area contributed by atoms with Crippen LogP contribution in [0.4, 0.5) is 0 Å². The molecular formula is C17H22N2O2S. The summed E-state index contributed by atoms with van der Waals surface area (Å²) in [7, 11) is 1.78. The normalized spacial score (nSPS) is 10.8. The van der Waals surface area contributed by atoms with Crippen molar-refractivity contribution in [1.82, 2.24) is 9.88 Å². The van der Waals surface area contributed by atoms with Crippen LogP contribution in [0, 0.1) is 5.92 Å². The van der Waals surface area contributed by atoms with E-state index in [1.165, 1.54) is 11.3 Å². The molecular weight excluding hydrogens is 296 g/mol. The van der Waals surface area contributed by atoms with Gasteiger partial charge in [-0.2, -0.15) is 0 Å². The summed E-state index contributed by atoms with van der Waals surface area (Å²) in [5, 5.41) is 2.62. The summed E-state index contributed by atoms with van der Waals surface area (Å²) in [6.07, 6.45) is 0. The quantitative estimate of drug-likeness (QED) is 0.810. The maximum atomic E-state index is 12.2. The Balaban J connectivity index is 2.26. The molecule has 1 amide bonds. The molecule has 4 nitrogen and oxygen atoms in total. The second-order valence-corrected chi connectivity index (χ2v) is 6.42. The molecule has 0 saturated carbocycles. The first-order valence-electron chi connectivity index (χ1n) is 7.46. The van der Waals surface area contributed by atoms with Gasteiger partial charge in [-0.3, -0.25) is 4.79 Å². The highest BCUT2D eigenvalue weighted by atomic mass is 32.1. The Hall–Kier alpha value is -1.88. The Morgan fingerprint density at radius 2 is 2.09 bits per heavy atom. The van der Waals surface area contributed by atoms with Gasteiger partial charge in [0.25, 0.3) is 5.91 Å². The summed E-state index contributed by atoms with van der Waals surface area (Å²) in [6, 6.07) is 7.83. The van der Waals surface area contributed by atoms with Gasteiger partial charge >= 0.3 is 0 Å². The number of para-hydroxylation sites is 1. The molecule has 0 aliphatic rings. The maximum absolute atomic E-state index is 12.2. The lowest BCUT2D eigenvalue weighted by molar-refractivity contribution is 0.0797. The highest BCUT2D eigenvalue weighted by Gasteiger charge is 2.16. The standard InChI is InChI=1S/C17H22N2O2S/c1-5-19(4)17(20)14-11-22-16(18-14)13-8-6-7-9-15(13)21-10-12(2)3/h6-9,11-12H,5,10H2,1-4H3. The van der Waals surface area contributed by atoms with E-state index >= 15 is 0 Å². The Kier molecular flexibility index (Phi) is 5.55. The van der Waals surface area contributed by atoms with Gasteiger partial charge in [0.15, 0.2) is 0 Å². The Labute approximate surface area is 135 Å². The molecule has 0 aliphatic carbocycles. The zero-order valence-electron chi connectivity index (χ0n) is 13.5. The third kappa shape index (κ3) is 3.85. The zero-order valence-corrected chi connectivity index (χ0v) is 14.3. The van der Waals surface area contributed by atoms with E-state index < -0.39 is 0 Å². The van der Waals surface area contributed by atoms with Gasteiger partial charge < -0.3 is 9.64 Å². The molecule has 2 rings (SSSR count). The summed E-state index contributed by atoms with van der Waals surface area (Å²) in [4.78, 5) is 18.3. The lowest BCUT2D eigenvalue weighted by Crippen LogP contribution is -2.26. The van der Waals surface area contributed by atoms with E-state index in [-0.39, 0.29) is 5.91 Å². The number of rotatable bonds is 6. The van der Waals surface area contributed by atoms with E-state index in [1.807, 2.05) is 36.6 Å². The van der Waals surface area contributed by atoms with E-state index in [0.29, 0.717) is 24.8 Å². The van der Waals surface area contributed by atoms with Crippen LogP contribution >= 0.6 is 11.3 Å². The smallest absolute Gasteiger partial charge is 0.273 e. The Bertz CT molecular complexity index is 637. The first-order chi connectivity index (χ1) is 10.5. The minimum absolute atomic E-state index is 0.0504. The predicted octanol–water partition coefficient (Wildman–Crippen LogP) is 3.94. The van der Waals surface area contributed by atoms with Crippen molar-refractivity contribution in [2.45, 2.75) is 20.8 Å². The third-order valence-corrected chi connectivity index (χ3v) is 4.11. The monoisotopic (exact) mass is 318 g/mol. The molecule has 22 heavy (non-hydrogen) atoms. The van der Waals surface area contributed by atoms with Crippen LogP contribution in [0.5, 0.6) is 5.75 Å². The summed E-state index contributed by atoms with van der Waals surface area (Å²) < 4.78 is 5.86. The number of hydrogen-bond acceptors (Lipinski definition) is 4. The maximum Gasteiger partial charge on any atom is 0.273 e. The highest BCUT2D eigenvalue weighted by Crippen LogP contribution is 2.32. The number of ether oxygens (including phenoxy) is 1. The molecule has 0 saturated heterocycles. The van der Waals surface area contributed by atoms with Crippen molar-refractivity contribution in [1.29, 1.82) is 0 Å². The van der Waals surface area contributed by atoms with Gasteiger partial charge in [-0.1, -0.05) is 26.0 Å². The van der Waals surface area contributed by atoms with Crippen LogP contribution in [0.1, 0.15) is 31.3 Å². The third-order valence-electron chi connectivity index (χ3n) is 3.23. The van der Waals surface area contributed by atoms with E-state index in [4.69, 9.17) is 4.74 Å². The van der Waals surface area contributed by atoms with Crippen molar-refractivity contribution < 1.29 is 9.53 Å². The minimum atomic E-state index is -0.0504. The molecule has 0 radical (unpaired) electrons. The number of carbonyl (C=O) groups excluding carboxylic acids is 1. The van der Waals surface area contributed by atoms with Crippen LogP contribution in [-0.2, 0) is 0 Å². The second kappa shape index (κ2) is 7.40. The summed E-state index contributed by atoms with van der Waals surface area (Å²) in [6.45, 7) is 7.50. The first kappa shape index (κ1) is 16.5. The highest BCUT2D eigenvalue weighted by molar-refractivity contribution is 7.13. The number of hydrogen-bond donors (Lipinski definition) is 0. The molecule has 2 aromatic rings. The molecule has 1 heterocycles. The van der Waals surface area contributed by atoms with Crippen LogP contribution < -0.4 is 4.74 Å². The van der Waals surface area contributed by atoms with Crippen LogP contribution in [0.25, 0.3) is 10.6 Å². The van der Waals surface area contributed by atoms with Gasteiger partial charge in [0.05, 0.1) is 12.2 Å². The van der Waals surface area contributed by atoms with Crippen molar-refractivity contribution in [2.75, 3.05) is 20.2 Å². The lowest BCUT2D eigenvalue weighted by Gasteiger charge is -2.12. The van der Waals surface area contributed by atoms with Crippen molar-refractivity contribution >= 4 is 17.2 Å². The Morgan fingerprint density at radius 3 is 2.77 bits per heavy atom. The zero-order chi connectivity index (χ0) is 16.1. The van der Waals surface area contributed by atoms with Crippen LogP contribution in [0.3, 0.4) is 0 Å². The van der Waals surface area contributed by atoms with Gasteiger partial charge in [-0.05, 0) is 25.0 Å². The number of benzene rings is 1. The minimum Gasteiger partial charge on any atom is -0.493 e. The molecule has 0 bridgehead atoms. The van der Waals surface area contributed by atoms with E-state index in [0.717, 1.165) is 16.3 Å². The summed E-state index contributed by atoms with van der Waals surface area (Å²) in [5.41, 5.74) is 1.43. The molecule has 0 aliphatic heterocycles. The van der Waals surface area contributed by atoms with Gasteiger partial charge in [0, 0.05) is 19.0 Å². The molecule has 1 aromatic heterocycles. The van der Waals surface area contributed by atoms with Gasteiger partial charge in [0.2, 0.25) is 0 Å². The number of carbonyl (C=O) groups is 1. The fourth-order valence-electron chi connectivity index (χ4n) is 1.86. The van der Waals surface area contributed by atoms with Gasteiger partial charge in [-0.25, -0.2) is 4.98 Å². The van der Waals surface area contributed by atoms with Crippen molar-refractivity contribution in [3.63, 3.8) is 0 Å². The number of thiazole rings is 1. The van der Waals surface area contributed by atoms with Gasteiger partial charge in [0.1, 0.15) is 16.5 Å². The summed E-state index contributed by atoms with van der Waals surface area (Å²) >= 11 is 1.47. The van der Waals surface area contributed by atoms with E-state index in [2.05, 4.69) is 18.8 Å². The first-order valence-corrected chi connectivity index (χ1v) is 8.34. The number of aromatic nitrogens is 1. The van der Waals surface area contributed by atoms with Crippen LogP contribution in [0.15, 0.2) is 29.6 Å². The molecule has 118 valence electrons. The van der Waals surface area contributed by atoms with Gasteiger partial charge in [-0.15, -0.1) is 11.3 Å². The number of amides is 1. The lowest BCUT2D eigenvalue weighted by atomic mass is 10.2. The average Bonchev–Trinajstić information content (AvgIpc) is 3.01. The number of nitrogens with zero attached hydrogens (tertiary/aromatic N) is 2. The van der Waals surface area contributed by atoms with Crippen molar-refractivity contribution in [2.24, 2.45) is 5.92 Å². The molecule has 0 unspecified atom stereocenters. The summed E-state index contributed by atoms with van der Waals surface area (Å²) in [5.74, 6) is 1.22. The fourth-order valence-corrected chi connectivity index (χ4v) is 2.68. The average molecular weight is 318 g/mol. The molecule has 0 N–H and O–H groups in total. The predicted molar refractivity (Wildman–Crippen MR) is 90.5 cm³/mol. The molecule has 0 atom stereocenters. The van der Waals surface area contributed by atoms with Crippen molar-refractivity contribution in [3.05, 3.63) is 35.3 Å². The fraction of sp³-hybridized carbons (Fsp3) is 0.412. The molecule has 5 heteroatoms. The largest absolute Gasteiger partial charge is 0.493 e. The van der Waals surface area contributed by atoms with Crippen molar-refractivity contribution in [3.8, 4) is 16.3 Å². The van der Waals surface area contributed by atoms with Crippen LogP contribution in [0.2, 0.25) is 0 Å². The molecule has 1 aromatic carbocycles. The second-order valence-electron chi connectivity index (χ2n) is 5.56. The van der Waals surface area contributed by atoms with Crippen LogP contribution in [-0.4, -0.2) is 36.0 Å². The SMILES string of the molecule is CCN(C)C(=O)c1csc(-c2ccccc2OCC(C)C)n1.